The molecule has 0 aromatic heterocycles. The Hall–Kier alpha value is -0.218. The molecule has 0 spiro atoms. The molecule has 0 bridgehead atoms. The van der Waals surface area contributed by atoms with E-state index in [1.807, 2.05) is 24.3 Å². The van der Waals surface area contributed by atoms with Crippen LogP contribution < -0.4 is 0 Å². The van der Waals surface area contributed by atoms with Crippen LogP contribution in [-0.4, -0.2) is 17.4 Å². The van der Waals surface area contributed by atoms with E-state index in [1.165, 1.54) is 0 Å². The van der Waals surface area contributed by atoms with Gasteiger partial charge < -0.3 is 0 Å². The van der Waals surface area contributed by atoms with Gasteiger partial charge in [0.1, 0.15) is 0 Å². The summed E-state index contributed by atoms with van der Waals surface area (Å²) in [5, 5.41) is 0.757. The molecule has 0 aliphatic heterocycles. The van der Waals surface area contributed by atoms with E-state index in [1.54, 1.807) is 6.08 Å². The first-order valence-corrected chi connectivity index (χ1v) is 3.09. The van der Waals surface area contributed by atoms with E-state index >= 15 is 0 Å². The fraction of sp³-hybridized carbons (Fsp3) is 0. The molecule has 1 aromatic rings. The zero-order valence-electron chi connectivity index (χ0n) is 4.97. The standard InChI is InChI=1S/C8H7Cl.Al.3H/c1-2-7-5-3-4-6-8(7)9;;;;/h2-6H,1H2;;;;. The fourth-order valence-electron chi connectivity index (χ4n) is 0.641. The molecule has 0 fully saturated rings. The highest BCUT2D eigenvalue weighted by molar-refractivity contribution is 6.32. The van der Waals surface area contributed by atoms with E-state index in [4.69, 9.17) is 11.6 Å². The summed E-state index contributed by atoms with van der Waals surface area (Å²) in [6.45, 7) is 3.61. The molecular weight excluding hydrogens is 159 g/mol. The molecule has 0 amide bonds. The van der Waals surface area contributed by atoms with Crippen molar-refractivity contribution in [2.75, 3.05) is 0 Å². The van der Waals surface area contributed by atoms with Gasteiger partial charge in [0.15, 0.2) is 17.4 Å². The Morgan fingerprint density at radius 1 is 1.30 bits per heavy atom. The largest absolute Gasteiger partial charge is 0.187 e. The van der Waals surface area contributed by atoms with Gasteiger partial charge in [0.05, 0.1) is 0 Å². The van der Waals surface area contributed by atoms with Crippen LogP contribution in [0.25, 0.3) is 6.08 Å². The van der Waals surface area contributed by atoms with Gasteiger partial charge in [-0.25, -0.2) is 0 Å². The fourth-order valence-corrected chi connectivity index (χ4v) is 0.854. The van der Waals surface area contributed by atoms with E-state index in [0.717, 1.165) is 10.6 Å². The third-order valence-corrected chi connectivity index (χ3v) is 1.47. The number of benzene rings is 1. The van der Waals surface area contributed by atoms with E-state index in [0.29, 0.717) is 0 Å². The Balaban J connectivity index is 0.000000810. The highest BCUT2D eigenvalue weighted by Gasteiger charge is 1.89. The van der Waals surface area contributed by atoms with Crippen LogP contribution >= 0.6 is 11.6 Å². The van der Waals surface area contributed by atoms with Crippen molar-refractivity contribution in [2.24, 2.45) is 0 Å². The van der Waals surface area contributed by atoms with Crippen LogP contribution in [0.1, 0.15) is 5.56 Å². The van der Waals surface area contributed by atoms with Gasteiger partial charge in [-0.05, 0) is 11.6 Å². The average molecular weight is 169 g/mol. The molecule has 0 nitrogen and oxygen atoms in total. The molecule has 0 atom stereocenters. The minimum Gasteiger partial charge on any atom is -0.0984 e. The van der Waals surface area contributed by atoms with Gasteiger partial charge in [0, 0.05) is 5.02 Å². The van der Waals surface area contributed by atoms with Crippen molar-refractivity contribution in [3.63, 3.8) is 0 Å². The lowest BCUT2D eigenvalue weighted by Crippen LogP contribution is -1.69. The molecule has 0 unspecified atom stereocenters. The number of hydrogen-bond donors (Lipinski definition) is 0. The monoisotopic (exact) mass is 168 g/mol. The molecule has 0 saturated carbocycles. The SMILES string of the molecule is C=Cc1ccccc1Cl.[AlH3]. The summed E-state index contributed by atoms with van der Waals surface area (Å²) in [4.78, 5) is 0. The molecule has 0 heterocycles. The number of halogens is 1. The van der Waals surface area contributed by atoms with Crippen LogP contribution in [0.4, 0.5) is 0 Å². The quantitative estimate of drug-likeness (QED) is 0.561. The van der Waals surface area contributed by atoms with E-state index in [2.05, 4.69) is 6.58 Å². The van der Waals surface area contributed by atoms with Crippen molar-refractivity contribution in [2.45, 2.75) is 0 Å². The Morgan fingerprint density at radius 2 is 1.90 bits per heavy atom. The van der Waals surface area contributed by atoms with Crippen molar-refractivity contribution in [3.8, 4) is 0 Å². The van der Waals surface area contributed by atoms with Crippen LogP contribution in [0, 0.1) is 0 Å². The lowest BCUT2D eigenvalue weighted by Gasteiger charge is -1.92. The average Bonchev–Trinajstić information content (AvgIpc) is 1.89. The lowest BCUT2D eigenvalue weighted by atomic mass is 10.2. The maximum atomic E-state index is 5.75. The molecule has 0 aliphatic rings. The Bertz CT molecular complexity index is 220. The molecular formula is C8H10AlCl. The number of rotatable bonds is 1. The highest BCUT2D eigenvalue weighted by Crippen LogP contribution is 2.14. The minimum absolute atomic E-state index is 0. The van der Waals surface area contributed by atoms with Crippen molar-refractivity contribution >= 4 is 35.0 Å². The van der Waals surface area contributed by atoms with Gasteiger partial charge in [-0.2, -0.15) is 0 Å². The second kappa shape index (κ2) is 4.58. The van der Waals surface area contributed by atoms with E-state index < -0.39 is 0 Å². The third-order valence-electron chi connectivity index (χ3n) is 1.13. The smallest absolute Gasteiger partial charge is 0.0984 e. The van der Waals surface area contributed by atoms with Crippen LogP contribution in [0.2, 0.25) is 5.02 Å². The van der Waals surface area contributed by atoms with Gasteiger partial charge in [-0.3, -0.25) is 0 Å². The van der Waals surface area contributed by atoms with E-state index in [-0.39, 0.29) is 17.4 Å². The first-order chi connectivity index (χ1) is 4.34. The first-order valence-electron chi connectivity index (χ1n) is 2.71. The summed E-state index contributed by atoms with van der Waals surface area (Å²) in [7, 11) is 0. The van der Waals surface area contributed by atoms with Crippen LogP contribution in [-0.2, 0) is 0 Å². The summed E-state index contributed by atoms with van der Waals surface area (Å²) >= 11 is 5.75. The summed E-state index contributed by atoms with van der Waals surface area (Å²) in [6.07, 6.45) is 1.74. The normalized spacial score (nSPS) is 8.10. The van der Waals surface area contributed by atoms with Crippen molar-refractivity contribution < 1.29 is 0 Å². The molecule has 52 valence electrons. The maximum Gasteiger partial charge on any atom is 0.187 e. The minimum atomic E-state index is 0. The van der Waals surface area contributed by atoms with Crippen molar-refractivity contribution in [1.29, 1.82) is 0 Å². The molecule has 1 aromatic carbocycles. The molecule has 0 N–H and O–H groups in total. The van der Waals surface area contributed by atoms with Crippen molar-refractivity contribution in [1.82, 2.24) is 0 Å². The van der Waals surface area contributed by atoms with Crippen LogP contribution in [0.5, 0.6) is 0 Å². The topological polar surface area (TPSA) is 0 Å². The zero-order chi connectivity index (χ0) is 6.69. The Kier molecular flexibility index (Phi) is 4.48. The van der Waals surface area contributed by atoms with Crippen LogP contribution in [0.15, 0.2) is 30.8 Å². The maximum absolute atomic E-state index is 5.75. The molecule has 1 rings (SSSR count). The predicted molar refractivity (Wildman–Crippen MR) is 51.5 cm³/mol. The predicted octanol–water partition coefficient (Wildman–Crippen LogP) is 1.80. The highest BCUT2D eigenvalue weighted by atomic mass is 35.5. The van der Waals surface area contributed by atoms with Gasteiger partial charge in [-0.15, -0.1) is 0 Å². The summed E-state index contributed by atoms with van der Waals surface area (Å²) in [5.74, 6) is 0. The summed E-state index contributed by atoms with van der Waals surface area (Å²) in [6, 6.07) is 7.60. The zero-order valence-corrected chi connectivity index (χ0v) is 5.73. The van der Waals surface area contributed by atoms with Gasteiger partial charge in [0.25, 0.3) is 0 Å². The Labute approximate surface area is 76.6 Å². The summed E-state index contributed by atoms with van der Waals surface area (Å²) in [5.41, 5.74) is 0.985. The third kappa shape index (κ3) is 2.19. The molecule has 0 aliphatic carbocycles. The first kappa shape index (κ1) is 9.78. The van der Waals surface area contributed by atoms with E-state index in [9.17, 15) is 0 Å². The van der Waals surface area contributed by atoms with Gasteiger partial charge in [-0.1, -0.05) is 42.5 Å². The molecule has 10 heavy (non-hydrogen) atoms. The second-order valence-electron chi connectivity index (χ2n) is 1.73. The second-order valence-corrected chi connectivity index (χ2v) is 2.13. The molecule has 0 saturated heterocycles. The van der Waals surface area contributed by atoms with Gasteiger partial charge >= 0.3 is 0 Å². The summed E-state index contributed by atoms with van der Waals surface area (Å²) < 4.78 is 0. The van der Waals surface area contributed by atoms with Crippen LogP contribution in [0.3, 0.4) is 0 Å². The molecule has 2 heteroatoms. The Morgan fingerprint density at radius 3 is 2.30 bits per heavy atom. The molecule has 0 radical (unpaired) electrons. The van der Waals surface area contributed by atoms with Gasteiger partial charge in [0.2, 0.25) is 0 Å². The number of hydrogen-bond acceptors (Lipinski definition) is 0. The van der Waals surface area contributed by atoms with Crippen molar-refractivity contribution in [3.05, 3.63) is 41.4 Å². The lowest BCUT2D eigenvalue weighted by molar-refractivity contribution is 1.66.